The van der Waals surface area contributed by atoms with Crippen LogP contribution in [0.1, 0.15) is 53.4 Å². The van der Waals surface area contributed by atoms with Crippen LogP contribution in [0.4, 0.5) is 0 Å². The highest BCUT2D eigenvalue weighted by Gasteiger charge is 2.80. The Morgan fingerprint density at radius 1 is 1.19 bits per heavy atom. The van der Waals surface area contributed by atoms with E-state index in [1.165, 1.54) is 6.08 Å². The van der Waals surface area contributed by atoms with Crippen LogP contribution in [0.5, 0.6) is 0 Å². The van der Waals surface area contributed by atoms with Crippen LogP contribution in [-0.4, -0.2) is 56.2 Å². The van der Waals surface area contributed by atoms with Crippen LogP contribution in [0.2, 0.25) is 0 Å². The Kier molecular flexibility index (Phi) is 4.39. The summed E-state index contributed by atoms with van der Waals surface area (Å²) in [5.74, 6) is -4.22. The maximum Gasteiger partial charge on any atom is 0.375 e. The zero-order chi connectivity index (χ0) is 23.5. The van der Waals surface area contributed by atoms with Crippen molar-refractivity contribution in [3.63, 3.8) is 0 Å². The number of carbonyl (C=O) groups excluding carboxylic acids is 2. The molecule has 0 unspecified atom stereocenters. The monoisotopic (exact) mass is 464 g/mol. The summed E-state index contributed by atoms with van der Waals surface area (Å²) in [4.78, 5) is 36.0. The number of hydrogen-bond acceptors (Lipinski definition) is 6. The average molecular weight is 465 g/mol. The van der Waals surface area contributed by atoms with Gasteiger partial charge >= 0.3 is 5.97 Å². The number of ether oxygens (including phenoxy) is 2. The van der Waals surface area contributed by atoms with Crippen molar-refractivity contribution in [2.75, 3.05) is 0 Å². The van der Waals surface area contributed by atoms with Crippen molar-refractivity contribution in [2.24, 2.45) is 22.7 Å². The van der Waals surface area contributed by atoms with Crippen molar-refractivity contribution in [3.8, 4) is 0 Å². The molecule has 0 radical (unpaired) electrons. The number of fused-ring (bicyclic) bond motifs is 7. The van der Waals surface area contributed by atoms with Gasteiger partial charge in [-0.1, -0.05) is 25.5 Å². The van der Waals surface area contributed by atoms with Crippen molar-refractivity contribution in [1.82, 2.24) is 0 Å². The van der Waals surface area contributed by atoms with Crippen molar-refractivity contribution in [1.29, 1.82) is 0 Å². The van der Waals surface area contributed by atoms with E-state index in [1.54, 1.807) is 26.0 Å². The second-order valence-corrected chi connectivity index (χ2v) is 11.6. The Morgan fingerprint density at radius 2 is 1.88 bits per heavy atom. The molecule has 0 aromatic heterocycles. The number of alkyl halides is 1. The molecule has 0 spiro atoms. The molecule has 32 heavy (non-hydrogen) atoms. The molecule has 174 valence electrons. The van der Waals surface area contributed by atoms with Crippen molar-refractivity contribution < 1.29 is 34.1 Å². The highest BCUT2D eigenvalue weighted by Crippen LogP contribution is 2.72. The number of Topliss-reactive ketones (excluding diaryl/α,β-unsaturated/α-hetero) is 1. The number of carboxylic acid groups (broad SMARTS) is 1. The number of halogens is 1. The molecule has 4 fully saturated rings. The lowest BCUT2D eigenvalue weighted by atomic mass is 9.45. The Bertz CT molecular complexity index is 1000. The molecule has 2 N–H and O–H groups in total. The molecule has 8 atom stereocenters. The number of rotatable bonds is 2. The van der Waals surface area contributed by atoms with Gasteiger partial charge in [0.2, 0.25) is 0 Å². The van der Waals surface area contributed by atoms with Crippen LogP contribution in [0.3, 0.4) is 0 Å². The number of ketones is 2. The Balaban J connectivity index is 1.65. The lowest BCUT2D eigenvalue weighted by molar-refractivity contribution is -0.222. The lowest BCUT2D eigenvalue weighted by Crippen LogP contribution is -2.69. The molecule has 0 aromatic rings. The fourth-order valence-corrected chi connectivity index (χ4v) is 8.39. The number of carbonyl (C=O) groups is 3. The van der Waals surface area contributed by atoms with Gasteiger partial charge in [-0.25, -0.2) is 4.79 Å². The maximum absolute atomic E-state index is 13.2. The van der Waals surface area contributed by atoms with E-state index in [4.69, 9.17) is 21.1 Å². The van der Waals surface area contributed by atoms with E-state index in [0.717, 1.165) is 5.57 Å². The van der Waals surface area contributed by atoms with Crippen LogP contribution in [0, 0.1) is 22.7 Å². The van der Waals surface area contributed by atoms with Gasteiger partial charge in [0.15, 0.2) is 17.2 Å². The first-order valence-electron chi connectivity index (χ1n) is 11.2. The van der Waals surface area contributed by atoms with Gasteiger partial charge in [-0.3, -0.25) is 9.59 Å². The molecule has 5 aliphatic rings. The minimum Gasteiger partial charge on any atom is -0.475 e. The lowest BCUT2D eigenvalue weighted by Gasteiger charge is -2.64. The summed E-state index contributed by atoms with van der Waals surface area (Å²) in [6.45, 7) is 7.15. The van der Waals surface area contributed by atoms with E-state index in [2.05, 4.69) is 0 Å². The number of allylic oxidation sites excluding steroid dienone is 4. The minimum atomic E-state index is -1.69. The highest BCUT2D eigenvalue weighted by atomic mass is 35.5. The van der Waals surface area contributed by atoms with Crippen LogP contribution >= 0.6 is 11.6 Å². The normalized spacial score (nSPS) is 50.7. The van der Waals surface area contributed by atoms with Gasteiger partial charge in [0.1, 0.15) is 0 Å². The molecule has 1 aliphatic heterocycles. The largest absolute Gasteiger partial charge is 0.475 e. The van der Waals surface area contributed by atoms with E-state index in [9.17, 15) is 24.6 Å². The zero-order valence-electron chi connectivity index (χ0n) is 18.7. The SMILES string of the molecule is CC1(C)O[C@@H]2C[C@H]3[C@@H]4CCC5=CC(=O)C=C[C@]5(C)[C@@]4(Cl)[C@@H](O)C[C@]3(C)[C@]2(C(=O)C(=O)O)O1. The third kappa shape index (κ3) is 2.36. The van der Waals surface area contributed by atoms with E-state index >= 15 is 0 Å². The van der Waals surface area contributed by atoms with Crippen molar-refractivity contribution in [2.45, 2.75) is 81.8 Å². The first-order chi connectivity index (χ1) is 14.7. The average Bonchev–Trinajstić information content (AvgIpc) is 3.09. The molecule has 5 rings (SSSR count). The van der Waals surface area contributed by atoms with Crippen LogP contribution in [0.15, 0.2) is 23.8 Å². The van der Waals surface area contributed by atoms with Crippen LogP contribution < -0.4 is 0 Å². The van der Waals surface area contributed by atoms with E-state index in [-0.39, 0.29) is 24.0 Å². The van der Waals surface area contributed by atoms with Gasteiger partial charge < -0.3 is 19.7 Å². The number of aliphatic carboxylic acids is 1. The van der Waals surface area contributed by atoms with Crippen LogP contribution in [0.25, 0.3) is 0 Å². The third-order valence-electron chi connectivity index (χ3n) is 9.17. The zero-order valence-corrected chi connectivity index (χ0v) is 19.4. The van der Waals surface area contributed by atoms with Crippen LogP contribution in [-0.2, 0) is 23.9 Å². The summed E-state index contributed by atoms with van der Waals surface area (Å²) in [6, 6.07) is 0. The summed E-state index contributed by atoms with van der Waals surface area (Å²) >= 11 is 7.38. The second-order valence-electron chi connectivity index (χ2n) is 11.0. The second kappa shape index (κ2) is 6.32. The van der Waals surface area contributed by atoms with Gasteiger partial charge in [0, 0.05) is 10.8 Å². The topological polar surface area (TPSA) is 110 Å². The Morgan fingerprint density at radius 3 is 2.53 bits per heavy atom. The molecule has 0 aromatic carbocycles. The number of carboxylic acids is 1. The smallest absolute Gasteiger partial charge is 0.375 e. The summed E-state index contributed by atoms with van der Waals surface area (Å²) in [7, 11) is 0. The first-order valence-corrected chi connectivity index (χ1v) is 11.6. The predicted molar refractivity (Wildman–Crippen MR) is 114 cm³/mol. The van der Waals surface area contributed by atoms with E-state index in [0.29, 0.717) is 19.3 Å². The molecular formula is C24H29ClO7. The summed E-state index contributed by atoms with van der Waals surface area (Å²) in [6.07, 6.45) is 4.92. The number of aliphatic hydroxyl groups excluding tert-OH is 1. The molecule has 7 nitrogen and oxygen atoms in total. The predicted octanol–water partition coefficient (Wildman–Crippen LogP) is 2.78. The van der Waals surface area contributed by atoms with Crippen molar-refractivity contribution in [3.05, 3.63) is 23.8 Å². The Hall–Kier alpha value is -1.54. The molecule has 0 amide bonds. The summed E-state index contributed by atoms with van der Waals surface area (Å²) < 4.78 is 12.3. The van der Waals surface area contributed by atoms with Gasteiger partial charge in [-0.05, 0) is 63.5 Å². The summed E-state index contributed by atoms with van der Waals surface area (Å²) in [5.41, 5.74) is -2.49. The fraction of sp³-hybridized carbons (Fsp3) is 0.708. The molecule has 8 heteroatoms. The number of aliphatic hydroxyl groups is 1. The van der Waals surface area contributed by atoms with Gasteiger partial charge in [-0.15, -0.1) is 11.6 Å². The van der Waals surface area contributed by atoms with Gasteiger partial charge in [0.25, 0.3) is 5.78 Å². The maximum atomic E-state index is 13.2. The summed E-state index contributed by atoms with van der Waals surface area (Å²) in [5, 5.41) is 21.3. The van der Waals surface area contributed by atoms with Crippen molar-refractivity contribution >= 4 is 29.1 Å². The molecule has 3 saturated carbocycles. The van der Waals surface area contributed by atoms with Gasteiger partial charge in [0.05, 0.1) is 17.1 Å². The van der Waals surface area contributed by atoms with Gasteiger partial charge in [-0.2, -0.15) is 0 Å². The highest BCUT2D eigenvalue weighted by molar-refractivity contribution is 6.36. The molecule has 1 saturated heterocycles. The quantitative estimate of drug-likeness (QED) is 0.477. The Labute approximate surface area is 191 Å². The molecule has 1 heterocycles. The molecular weight excluding hydrogens is 436 g/mol. The standard InChI is InChI=1S/C24H29ClO7/c1-20(2)31-17-10-15-14-6-5-12-9-13(26)7-8-21(12,3)23(14,25)16(27)11-22(15,4)24(17,32-20)18(28)19(29)30/h7-9,14-17,27H,5-6,10-11H2,1-4H3,(H,29,30)/t14-,15-,16-,17+,21-,22-,23-,24-/m0/s1. The third-order valence-corrected chi connectivity index (χ3v) is 10.1. The number of hydrogen-bond donors (Lipinski definition) is 2. The van der Waals surface area contributed by atoms with E-state index < -0.39 is 51.1 Å². The fourth-order valence-electron chi connectivity index (χ4n) is 7.86. The molecule has 0 bridgehead atoms. The molecule has 4 aliphatic carbocycles. The first kappa shape index (κ1) is 22.3. The minimum absolute atomic E-state index is 0.0863. The van der Waals surface area contributed by atoms with E-state index in [1.807, 2.05) is 13.8 Å².